The van der Waals surface area contributed by atoms with E-state index >= 15 is 0 Å². The standard InChI is InChI=1S/C16H25NO2/c1-12-8-9-13-6-5-7-14(15(13)17-12)19-11-10-16(2,3)18-4/h5-7,12,17H,8-11H2,1-4H3. The molecular formula is C16H25NO2. The van der Waals surface area contributed by atoms with E-state index in [0.717, 1.165) is 18.6 Å². The second kappa shape index (κ2) is 5.83. The summed E-state index contributed by atoms with van der Waals surface area (Å²) in [6, 6.07) is 6.82. The summed E-state index contributed by atoms with van der Waals surface area (Å²) in [7, 11) is 1.74. The molecule has 1 aliphatic heterocycles. The van der Waals surface area contributed by atoms with Gasteiger partial charge in [-0.25, -0.2) is 0 Å². The fourth-order valence-corrected chi connectivity index (χ4v) is 2.27. The molecule has 106 valence electrons. The number of nitrogens with one attached hydrogen (secondary N) is 1. The Morgan fingerprint density at radius 1 is 1.37 bits per heavy atom. The van der Waals surface area contributed by atoms with Crippen LogP contribution in [0.5, 0.6) is 5.75 Å². The number of benzene rings is 1. The second-order valence-corrected chi connectivity index (χ2v) is 5.94. The third kappa shape index (κ3) is 3.63. The van der Waals surface area contributed by atoms with Crippen LogP contribution in [0.2, 0.25) is 0 Å². The molecule has 0 saturated heterocycles. The highest BCUT2D eigenvalue weighted by atomic mass is 16.5. The minimum Gasteiger partial charge on any atom is -0.491 e. The van der Waals surface area contributed by atoms with E-state index in [9.17, 15) is 0 Å². The van der Waals surface area contributed by atoms with Gasteiger partial charge in [0.25, 0.3) is 0 Å². The van der Waals surface area contributed by atoms with E-state index in [-0.39, 0.29) is 5.60 Å². The van der Waals surface area contributed by atoms with E-state index in [1.54, 1.807) is 7.11 Å². The largest absolute Gasteiger partial charge is 0.491 e. The zero-order valence-corrected chi connectivity index (χ0v) is 12.5. The van der Waals surface area contributed by atoms with E-state index in [1.165, 1.54) is 17.7 Å². The summed E-state index contributed by atoms with van der Waals surface area (Å²) in [4.78, 5) is 0. The zero-order valence-electron chi connectivity index (χ0n) is 12.5. The molecule has 1 aromatic rings. The molecular weight excluding hydrogens is 238 g/mol. The van der Waals surface area contributed by atoms with Gasteiger partial charge >= 0.3 is 0 Å². The molecule has 0 fully saturated rings. The van der Waals surface area contributed by atoms with Crippen molar-refractivity contribution in [3.05, 3.63) is 23.8 Å². The summed E-state index contributed by atoms with van der Waals surface area (Å²) in [5.41, 5.74) is 2.41. The molecule has 1 heterocycles. The topological polar surface area (TPSA) is 30.5 Å². The Hall–Kier alpha value is -1.22. The molecule has 19 heavy (non-hydrogen) atoms. The van der Waals surface area contributed by atoms with E-state index in [0.29, 0.717) is 12.6 Å². The number of anilines is 1. The molecule has 0 spiro atoms. The van der Waals surface area contributed by atoms with Crippen LogP contribution in [-0.4, -0.2) is 25.4 Å². The minimum absolute atomic E-state index is 0.129. The Bertz CT molecular complexity index is 429. The van der Waals surface area contributed by atoms with Crippen LogP contribution in [0, 0.1) is 0 Å². The molecule has 3 nitrogen and oxygen atoms in total. The molecule has 3 heteroatoms. The summed E-state index contributed by atoms with van der Waals surface area (Å²) in [6.07, 6.45) is 3.19. The summed E-state index contributed by atoms with van der Waals surface area (Å²) >= 11 is 0. The molecule has 1 atom stereocenters. The molecule has 1 aromatic carbocycles. The average molecular weight is 263 g/mol. The Kier molecular flexibility index (Phi) is 4.35. The lowest BCUT2D eigenvalue weighted by Gasteiger charge is -2.27. The predicted molar refractivity (Wildman–Crippen MR) is 79.0 cm³/mol. The Morgan fingerprint density at radius 3 is 2.89 bits per heavy atom. The summed E-state index contributed by atoms with van der Waals surface area (Å²) < 4.78 is 11.4. The van der Waals surface area contributed by atoms with Gasteiger partial charge in [0.15, 0.2) is 0 Å². The van der Waals surface area contributed by atoms with E-state index in [4.69, 9.17) is 9.47 Å². The first kappa shape index (κ1) is 14.2. The van der Waals surface area contributed by atoms with Gasteiger partial charge in [0.2, 0.25) is 0 Å². The number of hydrogen-bond acceptors (Lipinski definition) is 3. The average Bonchev–Trinajstić information content (AvgIpc) is 2.39. The van der Waals surface area contributed by atoms with Gasteiger partial charge in [-0.1, -0.05) is 12.1 Å². The lowest BCUT2D eigenvalue weighted by molar-refractivity contribution is 0.00550. The number of hydrogen-bond donors (Lipinski definition) is 1. The van der Waals surface area contributed by atoms with Crippen molar-refractivity contribution in [2.75, 3.05) is 19.0 Å². The van der Waals surface area contributed by atoms with Crippen molar-refractivity contribution in [1.82, 2.24) is 0 Å². The third-order valence-electron chi connectivity index (χ3n) is 3.86. The van der Waals surface area contributed by atoms with Gasteiger partial charge in [-0.3, -0.25) is 0 Å². The van der Waals surface area contributed by atoms with Crippen molar-refractivity contribution in [1.29, 1.82) is 0 Å². The normalized spacial score (nSPS) is 18.6. The molecule has 1 unspecified atom stereocenters. The van der Waals surface area contributed by atoms with Crippen LogP contribution in [0.3, 0.4) is 0 Å². The quantitative estimate of drug-likeness (QED) is 0.880. The van der Waals surface area contributed by atoms with Gasteiger partial charge in [-0.15, -0.1) is 0 Å². The van der Waals surface area contributed by atoms with Gasteiger partial charge < -0.3 is 14.8 Å². The van der Waals surface area contributed by atoms with Crippen molar-refractivity contribution in [2.45, 2.75) is 51.7 Å². The number of fused-ring (bicyclic) bond motifs is 1. The van der Waals surface area contributed by atoms with Crippen molar-refractivity contribution in [3.8, 4) is 5.75 Å². The highest BCUT2D eigenvalue weighted by Gasteiger charge is 2.19. The van der Waals surface area contributed by atoms with Gasteiger partial charge in [0.1, 0.15) is 5.75 Å². The first-order valence-electron chi connectivity index (χ1n) is 7.08. The van der Waals surface area contributed by atoms with Gasteiger partial charge in [0, 0.05) is 19.6 Å². The maximum Gasteiger partial charge on any atom is 0.142 e. The first-order chi connectivity index (χ1) is 9.02. The van der Waals surface area contributed by atoms with Gasteiger partial charge in [0.05, 0.1) is 17.9 Å². The molecule has 0 amide bonds. The summed E-state index contributed by atoms with van der Waals surface area (Å²) in [5.74, 6) is 0.968. The van der Waals surface area contributed by atoms with Gasteiger partial charge in [-0.05, 0) is 45.2 Å². The lowest BCUT2D eigenvalue weighted by atomic mass is 9.98. The fourth-order valence-electron chi connectivity index (χ4n) is 2.27. The lowest BCUT2D eigenvalue weighted by Crippen LogP contribution is -2.26. The maximum atomic E-state index is 5.95. The maximum absolute atomic E-state index is 5.95. The highest BCUT2D eigenvalue weighted by molar-refractivity contribution is 5.63. The van der Waals surface area contributed by atoms with Crippen LogP contribution in [0.4, 0.5) is 5.69 Å². The summed E-state index contributed by atoms with van der Waals surface area (Å²) in [6.45, 7) is 7.05. The van der Waals surface area contributed by atoms with Crippen molar-refractivity contribution in [2.24, 2.45) is 0 Å². The Balaban J connectivity index is 2.01. The number of para-hydroxylation sites is 1. The van der Waals surface area contributed by atoms with Crippen molar-refractivity contribution >= 4 is 5.69 Å². The van der Waals surface area contributed by atoms with E-state index in [2.05, 4.69) is 38.2 Å². The fraction of sp³-hybridized carbons (Fsp3) is 0.625. The monoisotopic (exact) mass is 263 g/mol. The number of methoxy groups -OCH3 is 1. The van der Waals surface area contributed by atoms with Crippen LogP contribution in [0.15, 0.2) is 18.2 Å². The van der Waals surface area contributed by atoms with Crippen LogP contribution >= 0.6 is 0 Å². The molecule has 1 N–H and O–H groups in total. The summed E-state index contributed by atoms with van der Waals surface area (Å²) in [5, 5.41) is 3.53. The third-order valence-corrected chi connectivity index (χ3v) is 3.86. The van der Waals surface area contributed by atoms with Crippen LogP contribution in [0.1, 0.15) is 39.2 Å². The first-order valence-corrected chi connectivity index (χ1v) is 7.08. The second-order valence-electron chi connectivity index (χ2n) is 5.94. The predicted octanol–water partition coefficient (Wildman–Crippen LogP) is 3.63. The number of rotatable bonds is 5. The smallest absolute Gasteiger partial charge is 0.142 e. The van der Waals surface area contributed by atoms with E-state index < -0.39 is 0 Å². The number of ether oxygens (including phenoxy) is 2. The van der Waals surface area contributed by atoms with Crippen LogP contribution in [-0.2, 0) is 11.2 Å². The SMILES string of the molecule is COC(C)(C)CCOc1cccc2c1NC(C)CC2. The Morgan fingerprint density at radius 2 is 2.16 bits per heavy atom. The highest BCUT2D eigenvalue weighted by Crippen LogP contribution is 2.34. The zero-order chi connectivity index (χ0) is 13.9. The van der Waals surface area contributed by atoms with Crippen molar-refractivity contribution in [3.63, 3.8) is 0 Å². The Labute approximate surface area is 116 Å². The molecule has 0 saturated carbocycles. The van der Waals surface area contributed by atoms with E-state index in [1.807, 2.05) is 6.07 Å². The van der Waals surface area contributed by atoms with Crippen LogP contribution in [0.25, 0.3) is 0 Å². The molecule has 1 aliphatic rings. The van der Waals surface area contributed by atoms with Gasteiger partial charge in [-0.2, -0.15) is 0 Å². The van der Waals surface area contributed by atoms with Crippen molar-refractivity contribution < 1.29 is 9.47 Å². The molecule has 0 bridgehead atoms. The molecule has 0 radical (unpaired) electrons. The molecule has 0 aliphatic carbocycles. The molecule has 0 aromatic heterocycles. The van der Waals surface area contributed by atoms with Crippen LogP contribution < -0.4 is 10.1 Å². The minimum atomic E-state index is -0.129. The molecule has 2 rings (SSSR count). The number of aryl methyl sites for hydroxylation is 1.